The van der Waals surface area contributed by atoms with Crippen LogP contribution in [0.4, 0.5) is 16.1 Å². The van der Waals surface area contributed by atoms with Crippen LogP contribution in [0, 0.1) is 11.7 Å². The van der Waals surface area contributed by atoms with E-state index in [2.05, 4.69) is 15.5 Å². The van der Waals surface area contributed by atoms with E-state index in [1.165, 1.54) is 37.8 Å². The van der Waals surface area contributed by atoms with Gasteiger partial charge in [-0.25, -0.2) is 4.39 Å². The van der Waals surface area contributed by atoms with Crippen LogP contribution >= 0.6 is 0 Å². The van der Waals surface area contributed by atoms with Crippen LogP contribution in [0.1, 0.15) is 56.8 Å². The number of amides is 2. The van der Waals surface area contributed by atoms with Gasteiger partial charge in [0.2, 0.25) is 17.7 Å². The van der Waals surface area contributed by atoms with Gasteiger partial charge in [0.1, 0.15) is 5.82 Å². The van der Waals surface area contributed by atoms with Crippen LogP contribution < -0.4 is 10.2 Å². The van der Waals surface area contributed by atoms with Crippen molar-refractivity contribution in [1.29, 1.82) is 0 Å². The van der Waals surface area contributed by atoms with Crippen molar-refractivity contribution < 1.29 is 18.4 Å². The quantitative estimate of drug-likeness (QED) is 0.819. The highest BCUT2D eigenvalue weighted by Gasteiger charge is 2.35. The molecule has 0 bridgehead atoms. The van der Waals surface area contributed by atoms with Crippen LogP contribution in [0.15, 0.2) is 28.7 Å². The minimum absolute atomic E-state index is 0.0686. The Morgan fingerprint density at radius 1 is 1.21 bits per heavy atom. The molecule has 1 N–H and O–H groups in total. The second-order valence-corrected chi connectivity index (χ2v) is 7.56. The average molecular weight is 386 g/mol. The van der Waals surface area contributed by atoms with Crippen molar-refractivity contribution in [3.8, 4) is 0 Å². The molecule has 1 saturated carbocycles. The van der Waals surface area contributed by atoms with Gasteiger partial charge in [0, 0.05) is 25.1 Å². The summed E-state index contributed by atoms with van der Waals surface area (Å²) in [7, 11) is 0. The highest BCUT2D eigenvalue weighted by Crippen LogP contribution is 2.32. The summed E-state index contributed by atoms with van der Waals surface area (Å²) in [6.45, 7) is 0.377. The second-order valence-electron chi connectivity index (χ2n) is 7.56. The van der Waals surface area contributed by atoms with Gasteiger partial charge >= 0.3 is 6.01 Å². The van der Waals surface area contributed by atoms with Crippen LogP contribution in [0.2, 0.25) is 0 Å². The smallest absolute Gasteiger partial charge is 0.322 e. The molecule has 0 unspecified atom stereocenters. The fourth-order valence-corrected chi connectivity index (χ4v) is 4.01. The molecule has 2 amide bonds. The number of hydrogen-bond acceptors (Lipinski definition) is 5. The molecule has 7 nitrogen and oxygen atoms in total. The number of carbonyl (C=O) groups excluding carboxylic acids is 2. The van der Waals surface area contributed by atoms with E-state index in [9.17, 15) is 14.0 Å². The minimum Gasteiger partial charge on any atom is -0.407 e. The summed E-state index contributed by atoms with van der Waals surface area (Å²) in [5.41, 5.74) is 0.633. The predicted molar refractivity (Wildman–Crippen MR) is 100 cm³/mol. The molecule has 0 spiro atoms. The number of nitrogens with one attached hydrogen (secondary N) is 1. The lowest BCUT2D eigenvalue weighted by Crippen LogP contribution is -2.24. The molecule has 2 heterocycles. The number of hydrogen-bond donors (Lipinski definition) is 1. The molecule has 0 radical (unpaired) electrons. The summed E-state index contributed by atoms with van der Waals surface area (Å²) >= 11 is 0. The highest BCUT2D eigenvalue weighted by atomic mass is 19.1. The molecule has 2 fully saturated rings. The van der Waals surface area contributed by atoms with E-state index >= 15 is 0 Å². The Morgan fingerprint density at radius 3 is 2.71 bits per heavy atom. The molecule has 1 atom stereocenters. The summed E-state index contributed by atoms with van der Waals surface area (Å²) in [6.07, 6.45) is 6.49. The van der Waals surface area contributed by atoms with Crippen LogP contribution in [-0.4, -0.2) is 28.6 Å². The molecule has 1 aromatic heterocycles. The van der Waals surface area contributed by atoms with Crippen LogP contribution in [0.3, 0.4) is 0 Å². The lowest BCUT2D eigenvalue weighted by atomic mass is 10.0. The molecule has 1 saturated heterocycles. The molecule has 4 rings (SSSR count). The molecule has 8 heteroatoms. The highest BCUT2D eigenvalue weighted by molar-refractivity contribution is 5.96. The Labute approximate surface area is 162 Å². The Bertz CT molecular complexity index is 845. The molecule has 148 valence electrons. The summed E-state index contributed by atoms with van der Waals surface area (Å²) in [4.78, 5) is 26.0. The van der Waals surface area contributed by atoms with E-state index in [1.54, 1.807) is 17.0 Å². The molecule has 2 aliphatic rings. The molecule has 1 aliphatic carbocycles. The Kier molecular flexibility index (Phi) is 5.36. The number of rotatable bonds is 6. The van der Waals surface area contributed by atoms with Gasteiger partial charge in [0.05, 0.1) is 5.92 Å². The molecule has 2 aromatic rings. The van der Waals surface area contributed by atoms with Gasteiger partial charge in [0.15, 0.2) is 0 Å². The Balaban J connectivity index is 1.33. The fraction of sp³-hybridized carbons (Fsp3) is 0.500. The van der Waals surface area contributed by atoms with Crippen molar-refractivity contribution in [2.24, 2.45) is 5.92 Å². The number of aromatic nitrogens is 2. The van der Waals surface area contributed by atoms with E-state index in [1.807, 2.05) is 0 Å². The normalized spacial score (nSPS) is 20.1. The first-order chi connectivity index (χ1) is 13.6. The Hall–Kier alpha value is -2.77. The Morgan fingerprint density at radius 2 is 1.96 bits per heavy atom. The zero-order valence-electron chi connectivity index (χ0n) is 15.6. The van der Waals surface area contributed by atoms with Crippen molar-refractivity contribution >= 4 is 23.5 Å². The summed E-state index contributed by atoms with van der Waals surface area (Å²) in [5, 5.41) is 10.5. The maximum absolute atomic E-state index is 13.1. The minimum atomic E-state index is -0.350. The van der Waals surface area contributed by atoms with Gasteiger partial charge in [-0.15, -0.1) is 5.10 Å². The van der Waals surface area contributed by atoms with E-state index in [0.29, 0.717) is 30.5 Å². The summed E-state index contributed by atoms with van der Waals surface area (Å²) in [5.74, 6) is 0.149. The number of nitrogens with zero attached hydrogens (tertiary/aromatic N) is 3. The zero-order valence-corrected chi connectivity index (χ0v) is 15.6. The van der Waals surface area contributed by atoms with Crippen LogP contribution in [0.5, 0.6) is 0 Å². The summed E-state index contributed by atoms with van der Waals surface area (Å²) in [6, 6.07) is 5.85. The van der Waals surface area contributed by atoms with Gasteiger partial charge in [0.25, 0.3) is 0 Å². The largest absolute Gasteiger partial charge is 0.407 e. The summed E-state index contributed by atoms with van der Waals surface area (Å²) < 4.78 is 18.7. The number of anilines is 2. The van der Waals surface area contributed by atoms with E-state index in [0.717, 1.165) is 6.42 Å². The van der Waals surface area contributed by atoms with E-state index < -0.39 is 0 Å². The van der Waals surface area contributed by atoms with Gasteiger partial charge in [-0.1, -0.05) is 30.8 Å². The van der Waals surface area contributed by atoms with E-state index in [-0.39, 0.29) is 36.0 Å². The van der Waals surface area contributed by atoms with Gasteiger partial charge in [-0.2, -0.15) is 0 Å². The molecular formula is C20H23FN4O3. The standard InChI is InChI=1S/C20H23FN4O3/c21-15-6-8-16(9-7-15)25-12-14(11-18(25)27)19-23-24-20(28-19)22-17(26)10-5-13-3-1-2-4-13/h6-9,13-14H,1-5,10-12H2,(H,22,24,26)/t14-/m1/s1. The molecular weight excluding hydrogens is 363 g/mol. The average Bonchev–Trinajstić information content (AvgIpc) is 3.42. The first-order valence-electron chi connectivity index (χ1n) is 9.77. The van der Waals surface area contributed by atoms with Crippen molar-refractivity contribution in [1.82, 2.24) is 10.2 Å². The van der Waals surface area contributed by atoms with Crippen molar-refractivity contribution in [3.05, 3.63) is 36.0 Å². The number of benzene rings is 1. The fourth-order valence-electron chi connectivity index (χ4n) is 4.01. The second kappa shape index (κ2) is 8.08. The third-order valence-electron chi connectivity index (χ3n) is 5.55. The third-order valence-corrected chi connectivity index (χ3v) is 5.55. The van der Waals surface area contributed by atoms with Crippen molar-refractivity contribution in [2.75, 3.05) is 16.8 Å². The van der Waals surface area contributed by atoms with Crippen LogP contribution in [-0.2, 0) is 9.59 Å². The maximum Gasteiger partial charge on any atom is 0.322 e. The lowest BCUT2D eigenvalue weighted by Gasteiger charge is -2.15. The third kappa shape index (κ3) is 4.21. The molecule has 1 aromatic carbocycles. The monoisotopic (exact) mass is 386 g/mol. The van der Waals surface area contributed by atoms with E-state index in [4.69, 9.17) is 4.42 Å². The lowest BCUT2D eigenvalue weighted by molar-refractivity contribution is -0.117. The SMILES string of the molecule is O=C(CCC1CCCC1)Nc1nnc([C@@H]2CC(=O)N(c3ccc(F)cc3)C2)o1. The van der Waals surface area contributed by atoms with Gasteiger partial charge in [-0.3, -0.25) is 14.9 Å². The van der Waals surface area contributed by atoms with Gasteiger partial charge in [-0.05, 0) is 36.6 Å². The first-order valence-corrected chi connectivity index (χ1v) is 9.77. The number of carbonyl (C=O) groups is 2. The van der Waals surface area contributed by atoms with Crippen LogP contribution in [0.25, 0.3) is 0 Å². The topological polar surface area (TPSA) is 88.3 Å². The zero-order chi connectivity index (χ0) is 19.5. The van der Waals surface area contributed by atoms with Crippen molar-refractivity contribution in [2.45, 2.75) is 50.9 Å². The van der Waals surface area contributed by atoms with Crippen molar-refractivity contribution in [3.63, 3.8) is 0 Å². The predicted octanol–water partition coefficient (Wildman–Crippen LogP) is 3.64. The molecule has 1 aliphatic heterocycles. The maximum atomic E-state index is 13.1. The first kappa shape index (κ1) is 18.6. The number of halogens is 1. The van der Waals surface area contributed by atoms with Gasteiger partial charge < -0.3 is 9.32 Å². The molecule has 28 heavy (non-hydrogen) atoms.